The van der Waals surface area contributed by atoms with E-state index in [0.29, 0.717) is 40.7 Å². The molecule has 0 aromatic carbocycles. The van der Waals surface area contributed by atoms with Crippen LogP contribution in [-0.2, 0) is 9.53 Å². The van der Waals surface area contributed by atoms with E-state index in [4.69, 9.17) is 9.47 Å². The Bertz CT molecular complexity index is 1100. The number of fused-ring (bicyclic) bond motifs is 1. The molecule has 1 saturated heterocycles. The number of hydrogen-bond donors (Lipinski definition) is 4. The fraction of sp³-hybridized carbons (Fsp3) is 0.421. The molecule has 4 atom stereocenters. The van der Waals surface area contributed by atoms with Crippen LogP contribution in [0.3, 0.4) is 0 Å². The van der Waals surface area contributed by atoms with Crippen molar-refractivity contribution < 1.29 is 24.5 Å². The molecule has 0 unspecified atom stereocenters. The first-order chi connectivity index (χ1) is 15.0. The molecule has 0 aliphatic carbocycles. The zero-order chi connectivity index (χ0) is 22.1. The summed E-state index contributed by atoms with van der Waals surface area (Å²) in [5, 5.41) is 26.5. The number of amides is 1. The normalized spacial score (nSPS) is 23.1. The third-order valence-corrected chi connectivity index (χ3v) is 5.02. The van der Waals surface area contributed by atoms with Crippen LogP contribution in [0.25, 0.3) is 22.6 Å². The number of pyridine rings is 1. The van der Waals surface area contributed by atoms with Crippen LogP contribution < -0.4 is 15.4 Å². The van der Waals surface area contributed by atoms with Gasteiger partial charge in [-0.2, -0.15) is 0 Å². The summed E-state index contributed by atoms with van der Waals surface area (Å²) in [7, 11) is 3.23. The molecular weight excluding hydrogens is 406 g/mol. The average Bonchev–Trinajstić information content (AvgIpc) is 3.34. The van der Waals surface area contributed by atoms with Gasteiger partial charge in [0.1, 0.15) is 18.0 Å². The number of aromatic nitrogens is 5. The van der Waals surface area contributed by atoms with Crippen LogP contribution in [0.4, 0.5) is 5.82 Å². The second-order valence-corrected chi connectivity index (χ2v) is 6.87. The maximum atomic E-state index is 12.2. The Balaban J connectivity index is 1.80. The van der Waals surface area contributed by atoms with Crippen LogP contribution >= 0.6 is 0 Å². The topological polar surface area (TPSA) is 157 Å². The first-order valence-electron chi connectivity index (χ1n) is 9.70. The Hall–Kier alpha value is -3.35. The predicted octanol–water partition coefficient (Wildman–Crippen LogP) is -0.306. The van der Waals surface area contributed by atoms with E-state index in [-0.39, 0.29) is 0 Å². The van der Waals surface area contributed by atoms with Crippen molar-refractivity contribution in [2.45, 2.75) is 31.5 Å². The zero-order valence-electron chi connectivity index (χ0n) is 17.2. The Morgan fingerprint density at radius 2 is 2.13 bits per heavy atom. The third-order valence-electron chi connectivity index (χ3n) is 5.02. The largest absolute Gasteiger partial charge is 0.496 e. The molecule has 1 amide bonds. The van der Waals surface area contributed by atoms with Crippen LogP contribution in [0.5, 0.6) is 5.75 Å². The number of nitrogens with zero attached hydrogens (tertiary/aromatic N) is 5. The summed E-state index contributed by atoms with van der Waals surface area (Å²) in [6, 6.07) is 1.69. The maximum absolute atomic E-state index is 12.2. The minimum absolute atomic E-state index is 0.317. The monoisotopic (exact) mass is 429 g/mol. The number of methoxy groups -OCH3 is 1. The van der Waals surface area contributed by atoms with Crippen molar-refractivity contribution in [3.63, 3.8) is 0 Å². The Labute approximate surface area is 177 Å². The quantitative estimate of drug-likeness (QED) is 0.410. The lowest BCUT2D eigenvalue weighted by molar-refractivity contribution is -0.137. The van der Waals surface area contributed by atoms with E-state index in [0.717, 1.165) is 0 Å². The molecule has 4 heterocycles. The minimum atomic E-state index is -1.41. The number of likely N-dealkylation sites (N-methyl/N-ethyl adjacent to an activating group) is 1. The van der Waals surface area contributed by atoms with Gasteiger partial charge in [-0.25, -0.2) is 15.0 Å². The van der Waals surface area contributed by atoms with Gasteiger partial charge in [-0.05, 0) is 13.0 Å². The highest BCUT2D eigenvalue weighted by molar-refractivity contribution is 5.86. The number of carbonyl (C=O) groups excluding carboxylic acids is 1. The van der Waals surface area contributed by atoms with Crippen LogP contribution in [-0.4, -0.2) is 79.6 Å². The molecule has 1 fully saturated rings. The van der Waals surface area contributed by atoms with E-state index in [1.54, 1.807) is 32.4 Å². The number of ether oxygens (including phenoxy) is 2. The molecule has 0 saturated carbocycles. The summed E-state index contributed by atoms with van der Waals surface area (Å²) >= 11 is 0. The fourth-order valence-corrected chi connectivity index (χ4v) is 3.51. The number of imidazole rings is 1. The summed E-state index contributed by atoms with van der Waals surface area (Å²) in [5.41, 5.74) is 1.33. The third kappa shape index (κ3) is 3.54. The van der Waals surface area contributed by atoms with E-state index in [1.807, 2.05) is 0 Å². The number of rotatable bonds is 6. The van der Waals surface area contributed by atoms with Crippen molar-refractivity contribution >= 4 is 22.9 Å². The standard InChI is InChI=1S/C19H23N7O5/c1-4-22-18(29)14-12(27)13(28)19(31-14)26-8-23-11-16(20-2)24-15(25-17(11)26)9-7-21-6-5-10(9)30-3/h5-8,12-14,19,27-28H,4H2,1-3H3,(H,22,29)(H,20,24,25)/t12-,13+,14-,19+/m0/s1. The van der Waals surface area contributed by atoms with Gasteiger partial charge in [0, 0.05) is 26.0 Å². The molecule has 0 radical (unpaired) electrons. The van der Waals surface area contributed by atoms with Gasteiger partial charge in [0.15, 0.2) is 35.1 Å². The molecule has 3 aromatic heterocycles. The van der Waals surface area contributed by atoms with E-state index >= 15 is 0 Å². The molecule has 1 aliphatic rings. The number of anilines is 1. The predicted molar refractivity (Wildman–Crippen MR) is 109 cm³/mol. The van der Waals surface area contributed by atoms with Gasteiger partial charge in [-0.15, -0.1) is 0 Å². The van der Waals surface area contributed by atoms with Gasteiger partial charge in [0.05, 0.1) is 19.0 Å². The highest BCUT2D eigenvalue weighted by Gasteiger charge is 2.47. The molecule has 0 bridgehead atoms. The highest BCUT2D eigenvalue weighted by atomic mass is 16.6. The molecule has 0 spiro atoms. The van der Waals surface area contributed by atoms with Gasteiger partial charge in [-0.1, -0.05) is 0 Å². The van der Waals surface area contributed by atoms with Gasteiger partial charge in [-0.3, -0.25) is 14.3 Å². The SMILES string of the molecule is CCNC(=O)[C@H]1O[C@@H](n2cnc3c(NC)nc(-c4cnccc4OC)nc32)[C@H](O)[C@@H]1O. The molecule has 12 heteroatoms. The second kappa shape index (κ2) is 8.41. The Morgan fingerprint density at radius 1 is 1.32 bits per heavy atom. The zero-order valence-corrected chi connectivity index (χ0v) is 17.2. The van der Waals surface area contributed by atoms with Crippen LogP contribution in [0.1, 0.15) is 13.2 Å². The van der Waals surface area contributed by atoms with Crippen molar-refractivity contribution in [1.82, 2.24) is 29.8 Å². The first-order valence-corrected chi connectivity index (χ1v) is 9.70. The number of aliphatic hydroxyl groups excluding tert-OH is 2. The minimum Gasteiger partial charge on any atom is -0.496 e. The molecule has 31 heavy (non-hydrogen) atoms. The summed E-state index contributed by atoms with van der Waals surface area (Å²) in [5.74, 6) is 0.786. The van der Waals surface area contributed by atoms with Crippen molar-refractivity contribution in [3.05, 3.63) is 24.8 Å². The lowest BCUT2D eigenvalue weighted by Crippen LogP contribution is -2.42. The summed E-state index contributed by atoms with van der Waals surface area (Å²) in [4.78, 5) is 29.7. The van der Waals surface area contributed by atoms with Gasteiger partial charge in [0.2, 0.25) is 0 Å². The lowest BCUT2D eigenvalue weighted by Gasteiger charge is -2.17. The average molecular weight is 429 g/mol. The summed E-state index contributed by atoms with van der Waals surface area (Å²) in [6.45, 7) is 2.12. The van der Waals surface area contributed by atoms with E-state index in [2.05, 4.69) is 30.6 Å². The fourth-order valence-electron chi connectivity index (χ4n) is 3.51. The molecule has 3 aromatic rings. The number of nitrogens with one attached hydrogen (secondary N) is 2. The molecule has 4 rings (SSSR count). The molecule has 164 valence electrons. The molecular formula is C19H23N7O5. The Morgan fingerprint density at radius 3 is 2.84 bits per heavy atom. The number of hydrogen-bond acceptors (Lipinski definition) is 10. The van der Waals surface area contributed by atoms with E-state index in [1.165, 1.54) is 18.0 Å². The number of aliphatic hydroxyl groups is 2. The Kier molecular flexibility index (Phi) is 5.67. The molecule has 4 N–H and O–H groups in total. The molecule has 12 nitrogen and oxygen atoms in total. The first kappa shape index (κ1) is 20.9. The van der Waals surface area contributed by atoms with Gasteiger partial charge >= 0.3 is 0 Å². The lowest BCUT2D eigenvalue weighted by atomic mass is 10.1. The van der Waals surface area contributed by atoms with Gasteiger partial charge < -0.3 is 30.3 Å². The van der Waals surface area contributed by atoms with Crippen molar-refractivity contribution in [2.24, 2.45) is 0 Å². The van der Waals surface area contributed by atoms with Crippen LogP contribution in [0.2, 0.25) is 0 Å². The number of carbonyl (C=O) groups is 1. The summed E-state index contributed by atoms with van der Waals surface area (Å²) < 4.78 is 12.6. The highest BCUT2D eigenvalue weighted by Crippen LogP contribution is 2.34. The molecule has 1 aliphatic heterocycles. The van der Waals surface area contributed by atoms with Crippen molar-refractivity contribution in [3.8, 4) is 17.1 Å². The van der Waals surface area contributed by atoms with Gasteiger partial charge in [0.25, 0.3) is 5.91 Å². The van der Waals surface area contributed by atoms with Crippen molar-refractivity contribution in [1.29, 1.82) is 0 Å². The van der Waals surface area contributed by atoms with Crippen molar-refractivity contribution in [2.75, 3.05) is 26.0 Å². The van der Waals surface area contributed by atoms with Crippen LogP contribution in [0, 0.1) is 0 Å². The van der Waals surface area contributed by atoms with E-state index in [9.17, 15) is 15.0 Å². The maximum Gasteiger partial charge on any atom is 0.252 e. The summed E-state index contributed by atoms with van der Waals surface area (Å²) in [6.07, 6.45) is -0.472. The smallest absolute Gasteiger partial charge is 0.252 e. The van der Waals surface area contributed by atoms with Crippen LogP contribution in [0.15, 0.2) is 24.8 Å². The second-order valence-electron chi connectivity index (χ2n) is 6.87. The van der Waals surface area contributed by atoms with E-state index < -0.39 is 30.4 Å².